The van der Waals surface area contributed by atoms with E-state index in [0.29, 0.717) is 24.3 Å². The molecule has 170 valence electrons. The molecule has 1 amide bonds. The Morgan fingerprint density at radius 2 is 1.94 bits per heavy atom. The molecular formula is C27H27FN2O3. The van der Waals surface area contributed by atoms with Gasteiger partial charge in [-0.1, -0.05) is 49.4 Å². The molecule has 0 bridgehead atoms. The maximum absolute atomic E-state index is 13.7. The van der Waals surface area contributed by atoms with E-state index < -0.39 is 6.04 Å². The van der Waals surface area contributed by atoms with E-state index >= 15 is 0 Å². The number of aliphatic hydroxyl groups is 1. The standard InChI is InChI=1S/C27H27FN2O3/c1-2-13-33-26-22(18-7-4-3-5-8-18)9-6-10-23(26)27(32)30-21(17-31)14-19-16-29-25-12-11-20(28)15-24(19)25/h3-12,15-16,21,29,31H,2,13-14,17H2,1H3,(H,30,32). The number of aromatic nitrogens is 1. The molecule has 1 atom stereocenters. The van der Waals surface area contributed by atoms with Crippen molar-refractivity contribution in [1.82, 2.24) is 10.3 Å². The number of hydrogen-bond acceptors (Lipinski definition) is 3. The van der Waals surface area contributed by atoms with Crippen LogP contribution in [0, 0.1) is 5.82 Å². The third-order valence-electron chi connectivity index (χ3n) is 5.55. The molecule has 0 aliphatic heterocycles. The van der Waals surface area contributed by atoms with E-state index in [-0.39, 0.29) is 18.3 Å². The highest BCUT2D eigenvalue weighted by Gasteiger charge is 2.21. The zero-order valence-electron chi connectivity index (χ0n) is 18.5. The Hall–Kier alpha value is -3.64. The number of benzene rings is 3. The van der Waals surface area contributed by atoms with Crippen LogP contribution in [0.2, 0.25) is 0 Å². The molecule has 0 saturated heterocycles. The summed E-state index contributed by atoms with van der Waals surface area (Å²) in [6, 6.07) is 19.2. The normalized spacial score (nSPS) is 12.0. The van der Waals surface area contributed by atoms with Crippen LogP contribution in [0.15, 0.2) is 72.9 Å². The van der Waals surface area contributed by atoms with Gasteiger partial charge in [0.2, 0.25) is 0 Å². The molecule has 0 radical (unpaired) electrons. The average molecular weight is 447 g/mol. The van der Waals surface area contributed by atoms with Crippen molar-refractivity contribution in [2.24, 2.45) is 0 Å². The van der Waals surface area contributed by atoms with Crippen LogP contribution in [0.1, 0.15) is 29.3 Å². The first kappa shape index (κ1) is 22.6. The number of halogens is 1. The molecule has 6 heteroatoms. The molecular weight excluding hydrogens is 419 g/mol. The minimum atomic E-state index is -0.542. The van der Waals surface area contributed by atoms with Crippen LogP contribution in [0.25, 0.3) is 22.0 Å². The number of fused-ring (bicyclic) bond motifs is 1. The third kappa shape index (κ3) is 5.07. The Balaban J connectivity index is 1.60. The van der Waals surface area contributed by atoms with Crippen molar-refractivity contribution in [3.8, 4) is 16.9 Å². The van der Waals surface area contributed by atoms with E-state index in [0.717, 1.165) is 34.0 Å². The SMILES string of the molecule is CCCOc1c(C(=O)NC(CO)Cc2c[nH]c3ccc(F)cc23)cccc1-c1ccccc1. The summed E-state index contributed by atoms with van der Waals surface area (Å²) < 4.78 is 19.7. The van der Waals surface area contributed by atoms with E-state index in [9.17, 15) is 14.3 Å². The average Bonchev–Trinajstić information content (AvgIpc) is 3.24. The molecule has 1 unspecified atom stereocenters. The number of carbonyl (C=O) groups excluding carboxylic acids is 1. The quantitative estimate of drug-likeness (QED) is 0.335. The number of hydrogen-bond donors (Lipinski definition) is 3. The lowest BCUT2D eigenvalue weighted by Crippen LogP contribution is -2.39. The van der Waals surface area contributed by atoms with Gasteiger partial charge in [0.15, 0.2) is 0 Å². The lowest BCUT2D eigenvalue weighted by Gasteiger charge is -2.19. The number of H-pyrrole nitrogens is 1. The van der Waals surface area contributed by atoms with Crippen LogP contribution < -0.4 is 10.1 Å². The summed E-state index contributed by atoms with van der Waals surface area (Å²) in [5.41, 5.74) is 3.83. The van der Waals surface area contributed by atoms with Crippen LogP contribution in [0.5, 0.6) is 5.75 Å². The van der Waals surface area contributed by atoms with Crippen LogP contribution in [0.3, 0.4) is 0 Å². The van der Waals surface area contributed by atoms with Gasteiger partial charge < -0.3 is 20.1 Å². The monoisotopic (exact) mass is 446 g/mol. The predicted molar refractivity (Wildman–Crippen MR) is 128 cm³/mol. The second-order valence-corrected chi connectivity index (χ2v) is 7.96. The zero-order chi connectivity index (χ0) is 23.2. The molecule has 0 saturated carbocycles. The molecule has 5 nitrogen and oxygen atoms in total. The number of para-hydroxylation sites is 1. The third-order valence-corrected chi connectivity index (χ3v) is 5.55. The molecule has 0 aliphatic carbocycles. The maximum atomic E-state index is 13.7. The Morgan fingerprint density at radius 3 is 2.70 bits per heavy atom. The first-order valence-electron chi connectivity index (χ1n) is 11.1. The summed E-state index contributed by atoms with van der Waals surface area (Å²) in [6.45, 7) is 2.24. The Kier molecular flexibility index (Phi) is 7.05. The van der Waals surface area contributed by atoms with Crippen LogP contribution in [-0.4, -0.2) is 35.3 Å². The molecule has 3 N–H and O–H groups in total. The Bertz CT molecular complexity index is 1240. The summed E-state index contributed by atoms with van der Waals surface area (Å²) in [5, 5.41) is 13.6. The first-order chi connectivity index (χ1) is 16.1. The van der Waals surface area contributed by atoms with Gasteiger partial charge >= 0.3 is 0 Å². The second kappa shape index (κ2) is 10.3. The number of amides is 1. The van der Waals surface area contributed by atoms with Gasteiger partial charge in [0, 0.05) is 22.7 Å². The van der Waals surface area contributed by atoms with Gasteiger partial charge in [-0.2, -0.15) is 0 Å². The van der Waals surface area contributed by atoms with E-state index in [4.69, 9.17) is 4.74 Å². The van der Waals surface area contributed by atoms with Gasteiger partial charge in [-0.3, -0.25) is 4.79 Å². The summed E-state index contributed by atoms with van der Waals surface area (Å²) in [4.78, 5) is 16.4. The van der Waals surface area contributed by atoms with Crippen molar-refractivity contribution in [3.05, 3.63) is 89.9 Å². The predicted octanol–water partition coefficient (Wildman–Crippen LogP) is 5.10. The number of ether oxygens (including phenoxy) is 1. The van der Waals surface area contributed by atoms with Crippen molar-refractivity contribution in [2.75, 3.05) is 13.2 Å². The van der Waals surface area contributed by atoms with Gasteiger partial charge in [0.25, 0.3) is 5.91 Å². The fraction of sp³-hybridized carbons (Fsp3) is 0.222. The van der Waals surface area contributed by atoms with Gasteiger partial charge in [-0.05, 0) is 48.2 Å². The van der Waals surface area contributed by atoms with Gasteiger partial charge in [0.05, 0.1) is 24.8 Å². The van der Waals surface area contributed by atoms with Crippen LogP contribution in [-0.2, 0) is 6.42 Å². The number of carbonyl (C=O) groups is 1. The Morgan fingerprint density at radius 1 is 1.12 bits per heavy atom. The van der Waals surface area contributed by atoms with Gasteiger partial charge in [-0.15, -0.1) is 0 Å². The van der Waals surface area contributed by atoms with Crippen LogP contribution in [0.4, 0.5) is 4.39 Å². The van der Waals surface area contributed by atoms with Gasteiger partial charge in [0.1, 0.15) is 11.6 Å². The number of rotatable bonds is 9. The molecule has 33 heavy (non-hydrogen) atoms. The van der Waals surface area contributed by atoms with Crippen molar-refractivity contribution in [3.63, 3.8) is 0 Å². The zero-order valence-corrected chi connectivity index (χ0v) is 18.5. The van der Waals surface area contributed by atoms with Gasteiger partial charge in [-0.25, -0.2) is 4.39 Å². The second-order valence-electron chi connectivity index (χ2n) is 7.96. The summed E-state index contributed by atoms with van der Waals surface area (Å²) >= 11 is 0. The molecule has 3 aromatic carbocycles. The number of aliphatic hydroxyl groups excluding tert-OH is 1. The fourth-order valence-corrected chi connectivity index (χ4v) is 3.93. The first-order valence-corrected chi connectivity index (χ1v) is 11.1. The lowest BCUT2D eigenvalue weighted by atomic mass is 10.00. The van der Waals surface area contributed by atoms with E-state index in [2.05, 4.69) is 10.3 Å². The maximum Gasteiger partial charge on any atom is 0.255 e. The van der Waals surface area contributed by atoms with Crippen molar-refractivity contribution >= 4 is 16.8 Å². The smallest absolute Gasteiger partial charge is 0.255 e. The largest absolute Gasteiger partial charge is 0.492 e. The summed E-state index contributed by atoms with van der Waals surface area (Å²) in [6.07, 6.45) is 2.94. The van der Waals surface area contributed by atoms with Crippen molar-refractivity contribution in [2.45, 2.75) is 25.8 Å². The van der Waals surface area contributed by atoms with E-state index in [1.54, 1.807) is 18.3 Å². The molecule has 0 aliphatic rings. The summed E-state index contributed by atoms with van der Waals surface area (Å²) in [7, 11) is 0. The number of nitrogens with one attached hydrogen (secondary N) is 2. The highest BCUT2D eigenvalue weighted by Crippen LogP contribution is 2.33. The van der Waals surface area contributed by atoms with Crippen molar-refractivity contribution in [1.29, 1.82) is 0 Å². The van der Waals surface area contributed by atoms with Crippen molar-refractivity contribution < 1.29 is 19.0 Å². The summed E-state index contributed by atoms with van der Waals surface area (Å²) in [5.74, 6) is -0.138. The van der Waals surface area contributed by atoms with Crippen LogP contribution >= 0.6 is 0 Å². The molecule has 4 rings (SSSR count). The minimum Gasteiger partial charge on any atom is -0.492 e. The minimum absolute atomic E-state index is 0.253. The lowest BCUT2D eigenvalue weighted by molar-refractivity contribution is 0.0912. The highest BCUT2D eigenvalue weighted by molar-refractivity contribution is 5.99. The molecule has 1 aromatic heterocycles. The molecule has 1 heterocycles. The highest BCUT2D eigenvalue weighted by atomic mass is 19.1. The molecule has 0 spiro atoms. The molecule has 0 fully saturated rings. The van der Waals surface area contributed by atoms with E-state index in [1.807, 2.05) is 49.4 Å². The van der Waals surface area contributed by atoms with E-state index in [1.165, 1.54) is 12.1 Å². The number of aromatic amines is 1. The topological polar surface area (TPSA) is 74.3 Å². The Labute approximate surface area is 192 Å². The fourth-order valence-electron chi connectivity index (χ4n) is 3.93. The molecule has 4 aromatic rings.